The molecule has 3 aromatic rings. The van der Waals surface area contributed by atoms with Crippen LogP contribution in [0.2, 0.25) is 0 Å². The first-order chi connectivity index (χ1) is 11.1. The zero-order valence-electron chi connectivity index (χ0n) is 13.0. The predicted octanol–water partition coefficient (Wildman–Crippen LogP) is 5.34. The Morgan fingerprint density at radius 2 is 1.70 bits per heavy atom. The molecule has 0 radical (unpaired) electrons. The molecule has 3 rings (SSSR count). The number of hydrogen-bond donors (Lipinski definition) is 2. The van der Waals surface area contributed by atoms with E-state index in [1.807, 2.05) is 30.3 Å². The van der Waals surface area contributed by atoms with Gasteiger partial charge in [0.15, 0.2) is 0 Å². The molecular weight excluding hydrogens is 352 g/mol. The number of nitrogens with zero attached hydrogens (tertiary/aromatic N) is 2. The van der Waals surface area contributed by atoms with Crippen molar-refractivity contribution >= 4 is 39.1 Å². The molecule has 0 bridgehead atoms. The van der Waals surface area contributed by atoms with Crippen LogP contribution >= 0.6 is 15.9 Å². The summed E-state index contributed by atoms with van der Waals surface area (Å²) in [5.41, 5.74) is 4.35. The second-order valence-corrected chi connectivity index (χ2v) is 6.26. The number of halogens is 1. The topological polar surface area (TPSA) is 49.8 Å². The maximum absolute atomic E-state index is 4.51. The molecule has 116 valence electrons. The van der Waals surface area contributed by atoms with E-state index < -0.39 is 0 Å². The van der Waals surface area contributed by atoms with E-state index in [1.165, 1.54) is 5.56 Å². The highest BCUT2D eigenvalue weighted by Crippen LogP contribution is 2.22. The van der Waals surface area contributed by atoms with Crippen molar-refractivity contribution in [1.82, 2.24) is 9.97 Å². The summed E-state index contributed by atoms with van der Waals surface area (Å²) in [5.74, 6) is 1.32. The van der Waals surface area contributed by atoms with Gasteiger partial charge in [-0.05, 0) is 61.4 Å². The standard InChI is InChI=1S/C18H17BrN4/c1-12-3-4-13(2)16(11-12)22-18-20-10-9-17(23-18)21-15-7-5-14(19)6-8-15/h3-11H,1-2H3,(H2,20,21,22,23). The van der Waals surface area contributed by atoms with Crippen LogP contribution in [0, 0.1) is 13.8 Å². The Labute approximate surface area is 144 Å². The van der Waals surface area contributed by atoms with Crippen LogP contribution in [0.1, 0.15) is 11.1 Å². The fourth-order valence-electron chi connectivity index (χ4n) is 2.16. The second kappa shape index (κ2) is 6.79. The van der Waals surface area contributed by atoms with E-state index in [0.717, 1.165) is 27.2 Å². The van der Waals surface area contributed by atoms with Gasteiger partial charge in [0.2, 0.25) is 5.95 Å². The molecule has 0 fully saturated rings. The van der Waals surface area contributed by atoms with Crippen LogP contribution in [-0.2, 0) is 0 Å². The fraction of sp³-hybridized carbons (Fsp3) is 0.111. The fourth-order valence-corrected chi connectivity index (χ4v) is 2.42. The Balaban J connectivity index is 1.79. The van der Waals surface area contributed by atoms with Crippen molar-refractivity contribution in [2.24, 2.45) is 0 Å². The lowest BCUT2D eigenvalue weighted by Gasteiger charge is -2.11. The molecule has 0 aliphatic carbocycles. The quantitative estimate of drug-likeness (QED) is 0.652. The molecule has 0 aliphatic heterocycles. The molecule has 0 spiro atoms. The second-order valence-electron chi connectivity index (χ2n) is 5.34. The van der Waals surface area contributed by atoms with Gasteiger partial charge in [-0.1, -0.05) is 28.1 Å². The first-order valence-corrected chi connectivity index (χ1v) is 8.09. The summed E-state index contributed by atoms with van der Waals surface area (Å²) < 4.78 is 1.04. The summed E-state index contributed by atoms with van der Waals surface area (Å²) in [7, 11) is 0. The molecule has 0 aliphatic rings. The Kier molecular flexibility index (Phi) is 4.57. The van der Waals surface area contributed by atoms with E-state index in [-0.39, 0.29) is 0 Å². The molecule has 5 heteroatoms. The van der Waals surface area contributed by atoms with Gasteiger partial charge in [-0.25, -0.2) is 4.98 Å². The Morgan fingerprint density at radius 3 is 2.48 bits per heavy atom. The van der Waals surface area contributed by atoms with Crippen molar-refractivity contribution in [2.75, 3.05) is 10.6 Å². The largest absolute Gasteiger partial charge is 0.340 e. The lowest BCUT2D eigenvalue weighted by molar-refractivity contribution is 1.16. The molecule has 23 heavy (non-hydrogen) atoms. The van der Waals surface area contributed by atoms with E-state index >= 15 is 0 Å². The highest BCUT2D eigenvalue weighted by Gasteiger charge is 2.03. The summed E-state index contributed by atoms with van der Waals surface area (Å²) in [6, 6.07) is 16.1. The summed E-state index contributed by atoms with van der Waals surface area (Å²) >= 11 is 3.43. The first kappa shape index (κ1) is 15.5. The maximum Gasteiger partial charge on any atom is 0.229 e. The molecule has 0 amide bonds. The van der Waals surface area contributed by atoms with E-state index in [0.29, 0.717) is 5.95 Å². The van der Waals surface area contributed by atoms with E-state index in [1.54, 1.807) is 6.20 Å². The van der Waals surface area contributed by atoms with E-state index in [2.05, 4.69) is 68.6 Å². The van der Waals surface area contributed by atoms with Crippen LogP contribution < -0.4 is 10.6 Å². The maximum atomic E-state index is 4.51. The molecule has 0 atom stereocenters. The third-order valence-corrected chi connectivity index (χ3v) is 3.94. The lowest BCUT2D eigenvalue weighted by Crippen LogP contribution is -2.01. The van der Waals surface area contributed by atoms with Gasteiger partial charge < -0.3 is 10.6 Å². The molecule has 0 saturated heterocycles. The van der Waals surface area contributed by atoms with Gasteiger partial charge >= 0.3 is 0 Å². The smallest absolute Gasteiger partial charge is 0.229 e. The minimum Gasteiger partial charge on any atom is -0.340 e. The molecule has 2 N–H and O–H groups in total. The van der Waals surface area contributed by atoms with Crippen molar-refractivity contribution < 1.29 is 0 Å². The minimum absolute atomic E-state index is 0.570. The van der Waals surface area contributed by atoms with Crippen LogP contribution in [0.25, 0.3) is 0 Å². The average Bonchev–Trinajstić information content (AvgIpc) is 2.54. The van der Waals surface area contributed by atoms with Crippen molar-refractivity contribution in [1.29, 1.82) is 0 Å². The highest BCUT2D eigenvalue weighted by molar-refractivity contribution is 9.10. The van der Waals surface area contributed by atoms with Crippen molar-refractivity contribution in [3.63, 3.8) is 0 Å². The summed E-state index contributed by atoms with van der Waals surface area (Å²) in [6.07, 6.45) is 1.74. The van der Waals surface area contributed by atoms with Gasteiger partial charge in [-0.2, -0.15) is 4.98 Å². The van der Waals surface area contributed by atoms with Crippen LogP contribution in [0.5, 0.6) is 0 Å². The molecule has 1 heterocycles. The van der Waals surface area contributed by atoms with Crippen LogP contribution in [0.15, 0.2) is 59.2 Å². The van der Waals surface area contributed by atoms with Gasteiger partial charge in [-0.15, -0.1) is 0 Å². The Hall–Kier alpha value is -2.40. The van der Waals surface area contributed by atoms with Crippen LogP contribution in [0.4, 0.5) is 23.1 Å². The van der Waals surface area contributed by atoms with Crippen LogP contribution in [0.3, 0.4) is 0 Å². The lowest BCUT2D eigenvalue weighted by atomic mass is 10.1. The SMILES string of the molecule is Cc1ccc(C)c(Nc2nccc(Nc3ccc(Br)cc3)n2)c1. The van der Waals surface area contributed by atoms with Gasteiger partial charge in [-0.3, -0.25) is 0 Å². The number of aryl methyl sites for hydroxylation is 2. The number of nitrogens with one attached hydrogen (secondary N) is 2. The minimum atomic E-state index is 0.570. The predicted molar refractivity (Wildman–Crippen MR) is 98.7 cm³/mol. The summed E-state index contributed by atoms with van der Waals surface area (Å²) in [5, 5.41) is 6.55. The van der Waals surface area contributed by atoms with E-state index in [9.17, 15) is 0 Å². The number of rotatable bonds is 4. The number of anilines is 4. The van der Waals surface area contributed by atoms with Crippen LogP contribution in [-0.4, -0.2) is 9.97 Å². The highest BCUT2D eigenvalue weighted by atomic mass is 79.9. The molecule has 2 aromatic carbocycles. The molecular formula is C18H17BrN4. The number of benzene rings is 2. The van der Waals surface area contributed by atoms with Gasteiger partial charge in [0, 0.05) is 22.0 Å². The third-order valence-electron chi connectivity index (χ3n) is 3.41. The molecule has 4 nitrogen and oxygen atoms in total. The Morgan fingerprint density at radius 1 is 0.913 bits per heavy atom. The molecule has 0 saturated carbocycles. The van der Waals surface area contributed by atoms with Crippen molar-refractivity contribution in [3.05, 3.63) is 70.3 Å². The molecule has 0 unspecified atom stereocenters. The number of aromatic nitrogens is 2. The first-order valence-electron chi connectivity index (χ1n) is 7.30. The zero-order chi connectivity index (χ0) is 16.2. The van der Waals surface area contributed by atoms with Gasteiger partial charge in [0.1, 0.15) is 5.82 Å². The van der Waals surface area contributed by atoms with Gasteiger partial charge in [0.05, 0.1) is 0 Å². The Bertz CT molecular complexity index is 816. The average molecular weight is 369 g/mol. The summed E-state index contributed by atoms with van der Waals surface area (Å²) in [6.45, 7) is 4.13. The third kappa shape index (κ3) is 4.07. The normalized spacial score (nSPS) is 10.4. The van der Waals surface area contributed by atoms with Crippen molar-refractivity contribution in [3.8, 4) is 0 Å². The number of hydrogen-bond acceptors (Lipinski definition) is 4. The summed E-state index contributed by atoms with van der Waals surface area (Å²) in [4.78, 5) is 8.80. The van der Waals surface area contributed by atoms with E-state index in [4.69, 9.17) is 0 Å². The monoisotopic (exact) mass is 368 g/mol. The van der Waals surface area contributed by atoms with Crippen molar-refractivity contribution in [2.45, 2.75) is 13.8 Å². The molecule has 1 aromatic heterocycles. The van der Waals surface area contributed by atoms with Gasteiger partial charge in [0.25, 0.3) is 0 Å². The zero-order valence-corrected chi connectivity index (χ0v) is 14.6.